The zero-order chi connectivity index (χ0) is 10.7. The van der Waals surface area contributed by atoms with E-state index in [2.05, 4.69) is 38.9 Å². The first-order chi connectivity index (χ1) is 7.31. The molecule has 0 aromatic carbocycles. The summed E-state index contributed by atoms with van der Waals surface area (Å²) in [4.78, 5) is 0. The van der Waals surface area contributed by atoms with Gasteiger partial charge in [-0.25, -0.2) is 0 Å². The third-order valence-corrected chi connectivity index (χ3v) is 4.68. The maximum Gasteiger partial charge on any atom is 0.0342 e. The minimum atomic E-state index is 0.568. The van der Waals surface area contributed by atoms with Gasteiger partial charge in [0.2, 0.25) is 0 Å². The first-order valence-electron chi connectivity index (χ1n) is 5.76. The molecule has 0 saturated heterocycles. The highest BCUT2D eigenvalue weighted by molar-refractivity contribution is 9.10. The molecule has 1 aromatic rings. The highest BCUT2D eigenvalue weighted by atomic mass is 79.9. The van der Waals surface area contributed by atoms with Crippen molar-refractivity contribution < 1.29 is 0 Å². The monoisotopic (exact) mass is 287 g/mol. The van der Waals surface area contributed by atoms with Crippen LogP contribution in [0.4, 0.5) is 0 Å². The van der Waals surface area contributed by atoms with Gasteiger partial charge in [-0.2, -0.15) is 11.3 Å². The van der Waals surface area contributed by atoms with E-state index >= 15 is 0 Å². The number of rotatable bonds is 6. The normalized spacial score (nSPS) is 18.0. The fourth-order valence-corrected chi connectivity index (χ4v) is 3.49. The molecule has 1 aliphatic rings. The molecule has 1 heterocycles. The minimum absolute atomic E-state index is 0.568. The Morgan fingerprint density at radius 2 is 2.33 bits per heavy atom. The lowest BCUT2D eigenvalue weighted by Gasteiger charge is -2.18. The first kappa shape index (κ1) is 11.6. The van der Waals surface area contributed by atoms with E-state index in [4.69, 9.17) is 0 Å². The van der Waals surface area contributed by atoms with Crippen molar-refractivity contribution in [1.82, 2.24) is 5.32 Å². The average Bonchev–Trinajstić information content (AvgIpc) is 2.95. The fraction of sp³-hybridized carbons (Fsp3) is 0.667. The standard InChI is InChI=1S/C12H18BrNS/c1-2-5-14-12(6-9-3-4-9)10-7-15-8-11(10)13/h7-9,12,14H,2-6H2,1H3. The summed E-state index contributed by atoms with van der Waals surface area (Å²) in [5.41, 5.74) is 1.46. The van der Waals surface area contributed by atoms with Gasteiger partial charge >= 0.3 is 0 Å². The van der Waals surface area contributed by atoms with E-state index in [1.807, 2.05) is 0 Å². The fourth-order valence-electron chi connectivity index (χ4n) is 1.87. The van der Waals surface area contributed by atoms with Gasteiger partial charge in [-0.3, -0.25) is 0 Å². The van der Waals surface area contributed by atoms with Crippen LogP contribution in [-0.2, 0) is 0 Å². The first-order valence-corrected chi connectivity index (χ1v) is 7.49. The number of hydrogen-bond donors (Lipinski definition) is 1. The molecule has 0 radical (unpaired) electrons. The van der Waals surface area contributed by atoms with Crippen LogP contribution in [-0.4, -0.2) is 6.54 Å². The van der Waals surface area contributed by atoms with Gasteiger partial charge in [0.1, 0.15) is 0 Å². The van der Waals surface area contributed by atoms with E-state index < -0.39 is 0 Å². The van der Waals surface area contributed by atoms with Crippen molar-refractivity contribution in [3.8, 4) is 0 Å². The number of nitrogens with one attached hydrogen (secondary N) is 1. The van der Waals surface area contributed by atoms with Gasteiger partial charge in [0, 0.05) is 15.9 Å². The Balaban J connectivity index is 1.99. The molecule has 0 aliphatic heterocycles. The molecule has 0 bridgehead atoms. The second-order valence-electron chi connectivity index (χ2n) is 4.36. The Bertz CT molecular complexity index is 306. The molecule has 1 aliphatic carbocycles. The molecular weight excluding hydrogens is 270 g/mol. The van der Waals surface area contributed by atoms with E-state index in [9.17, 15) is 0 Å². The van der Waals surface area contributed by atoms with Crippen molar-refractivity contribution in [2.75, 3.05) is 6.54 Å². The zero-order valence-corrected chi connectivity index (χ0v) is 11.5. The smallest absolute Gasteiger partial charge is 0.0342 e. The molecule has 0 spiro atoms. The molecule has 1 unspecified atom stereocenters. The summed E-state index contributed by atoms with van der Waals surface area (Å²) in [6, 6.07) is 0.568. The van der Waals surface area contributed by atoms with Crippen LogP contribution >= 0.6 is 27.3 Å². The van der Waals surface area contributed by atoms with E-state index in [-0.39, 0.29) is 0 Å². The van der Waals surface area contributed by atoms with E-state index in [0.29, 0.717) is 6.04 Å². The Morgan fingerprint density at radius 1 is 1.53 bits per heavy atom. The second-order valence-corrected chi connectivity index (χ2v) is 5.96. The van der Waals surface area contributed by atoms with Gasteiger partial charge < -0.3 is 5.32 Å². The van der Waals surface area contributed by atoms with Crippen LogP contribution in [0.15, 0.2) is 15.2 Å². The Kier molecular flexibility index (Phi) is 4.23. The molecule has 84 valence electrons. The third-order valence-electron chi connectivity index (χ3n) is 2.92. The lowest BCUT2D eigenvalue weighted by Crippen LogP contribution is -2.22. The molecule has 1 atom stereocenters. The summed E-state index contributed by atoms with van der Waals surface area (Å²) in [7, 11) is 0. The predicted octanol–water partition coefficient (Wildman–Crippen LogP) is 4.35. The maximum atomic E-state index is 3.66. The molecule has 1 saturated carbocycles. The van der Waals surface area contributed by atoms with Crippen LogP contribution in [0.2, 0.25) is 0 Å². The van der Waals surface area contributed by atoms with E-state index in [1.165, 1.54) is 35.7 Å². The second kappa shape index (κ2) is 5.46. The van der Waals surface area contributed by atoms with Gasteiger partial charge in [-0.15, -0.1) is 0 Å². The lowest BCUT2D eigenvalue weighted by atomic mass is 10.0. The molecule has 2 rings (SSSR count). The largest absolute Gasteiger partial charge is 0.310 e. The SMILES string of the molecule is CCCNC(CC1CC1)c1cscc1Br. The quantitative estimate of drug-likeness (QED) is 0.820. The Morgan fingerprint density at radius 3 is 2.87 bits per heavy atom. The van der Waals surface area contributed by atoms with Crippen molar-refractivity contribution in [2.24, 2.45) is 5.92 Å². The molecule has 1 fully saturated rings. The van der Waals surface area contributed by atoms with Crippen LogP contribution in [0.1, 0.15) is 44.2 Å². The van der Waals surface area contributed by atoms with Gasteiger partial charge in [-0.05, 0) is 52.2 Å². The van der Waals surface area contributed by atoms with Gasteiger partial charge in [0.05, 0.1) is 0 Å². The van der Waals surface area contributed by atoms with E-state index in [1.54, 1.807) is 11.3 Å². The van der Waals surface area contributed by atoms with Crippen molar-refractivity contribution in [2.45, 2.75) is 38.6 Å². The summed E-state index contributed by atoms with van der Waals surface area (Å²) < 4.78 is 1.28. The topological polar surface area (TPSA) is 12.0 Å². The molecule has 1 aromatic heterocycles. The number of thiophene rings is 1. The van der Waals surface area contributed by atoms with Gasteiger partial charge in [-0.1, -0.05) is 19.8 Å². The minimum Gasteiger partial charge on any atom is -0.310 e. The number of hydrogen-bond acceptors (Lipinski definition) is 2. The predicted molar refractivity (Wildman–Crippen MR) is 70.4 cm³/mol. The van der Waals surface area contributed by atoms with Crippen LogP contribution in [0.3, 0.4) is 0 Å². The summed E-state index contributed by atoms with van der Waals surface area (Å²) >= 11 is 5.43. The number of halogens is 1. The summed E-state index contributed by atoms with van der Waals surface area (Å²) in [5.74, 6) is 0.978. The molecule has 0 amide bonds. The average molecular weight is 288 g/mol. The van der Waals surface area contributed by atoms with Crippen molar-refractivity contribution in [3.63, 3.8) is 0 Å². The van der Waals surface area contributed by atoms with Crippen molar-refractivity contribution >= 4 is 27.3 Å². The highest BCUT2D eigenvalue weighted by Gasteiger charge is 2.27. The molecule has 1 nitrogen and oxygen atoms in total. The molecule has 1 N–H and O–H groups in total. The van der Waals surface area contributed by atoms with Gasteiger partial charge in [0.25, 0.3) is 0 Å². The molecule has 3 heteroatoms. The van der Waals surface area contributed by atoms with Crippen LogP contribution in [0.25, 0.3) is 0 Å². The summed E-state index contributed by atoms with van der Waals surface area (Å²) in [5, 5.41) is 8.12. The maximum absolute atomic E-state index is 3.66. The highest BCUT2D eigenvalue weighted by Crippen LogP contribution is 2.39. The Labute approximate surface area is 104 Å². The summed E-state index contributed by atoms with van der Waals surface area (Å²) in [6.07, 6.45) is 5.40. The van der Waals surface area contributed by atoms with Crippen LogP contribution < -0.4 is 5.32 Å². The Hall–Kier alpha value is 0.140. The van der Waals surface area contributed by atoms with E-state index in [0.717, 1.165) is 12.5 Å². The zero-order valence-electron chi connectivity index (χ0n) is 9.13. The van der Waals surface area contributed by atoms with Crippen LogP contribution in [0, 0.1) is 5.92 Å². The van der Waals surface area contributed by atoms with Gasteiger partial charge in [0.15, 0.2) is 0 Å². The van der Waals surface area contributed by atoms with Crippen molar-refractivity contribution in [1.29, 1.82) is 0 Å². The lowest BCUT2D eigenvalue weighted by molar-refractivity contribution is 0.474. The van der Waals surface area contributed by atoms with Crippen molar-refractivity contribution in [3.05, 3.63) is 20.8 Å². The van der Waals surface area contributed by atoms with Crippen LogP contribution in [0.5, 0.6) is 0 Å². The molecule has 15 heavy (non-hydrogen) atoms. The third kappa shape index (κ3) is 3.30. The summed E-state index contributed by atoms with van der Waals surface area (Å²) in [6.45, 7) is 3.35. The molecular formula is C12H18BrNS.